The number of halogens is 2. The van der Waals surface area contributed by atoms with Crippen molar-refractivity contribution in [1.29, 1.82) is 0 Å². The predicted molar refractivity (Wildman–Crippen MR) is 77.6 cm³/mol. The van der Waals surface area contributed by atoms with E-state index in [0.29, 0.717) is 31.3 Å². The van der Waals surface area contributed by atoms with E-state index in [1.165, 1.54) is 11.1 Å². The van der Waals surface area contributed by atoms with E-state index in [4.69, 9.17) is 23.2 Å². The van der Waals surface area contributed by atoms with Crippen LogP contribution in [-0.2, 0) is 11.2 Å². The number of hydrogen-bond acceptors (Lipinski definition) is 1. The molecule has 0 spiro atoms. The molecule has 1 amide bonds. The minimum Gasteiger partial charge on any atom is -0.340 e. The average molecular weight is 288 g/mol. The standard InChI is InChI=1S/C14H19Cl2NO/c1-11-3-4-13(9-12(11)2)10-14(18)17(7-5-15)8-6-16/h3-4,9H,5-8,10H2,1-2H3. The molecule has 0 radical (unpaired) electrons. The summed E-state index contributed by atoms with van der Waals surface area (Å²) in [5, 5.41) is 0. The topological polar surface area (TPSA) is 20.3 Å². The monoisotopic (exact) mass is 287 g/mol. The third kappa shape index (κ3) is 4.51. The highest BCUT2D eigenvalue weighted by Gasteiger charge is 2.13. The number of rotatable bonds is 6. The van der Waals surface area contributed by atoms with Gasteiger partial charge < -0.3 is 4.90 Å². The molecular formula is C14H19Cl2NO. The van der Waals surface area contributed by atoms with Gasteiger partial charge in [-0.2, -0.15) is 0 Å². The zero-order chi connectivity index (χ0) is 13.5. The van der Waals surface area contributed by atoms with Gasteiger partial charge in [0.25, 0.3) is 0 Å². The van der Waals surface area contributed by atoms with Crippen LogP contribution in [0, 0.1) is 13.8 Å². The Labute approximate surface area is 119 Å². The molecule has 0 fully saturated rings. The van der Waals surface area contributed by atoms with Gasteiger partial charge in [0.2, 0.25) is 5.91 Å². The van der Waals surface area contributed by atoms with Crippen molar-refractivity contribution in [2.24, 2.45) is 0 Å². The minimum absolute atomic E-state index is 0.0829. The summed E-state index contributed by atoms with van der Waals surface area (Å²) in [6.07, 6.45) is 0.412. The Morgan fingerprint density at radius 3 is 2.22 bits per heavy atom. The summed E-state index contributed by atoms with van der Waals surface area (Å²) in [5.41, 5.74) is 3.49. The van der Waals surface area contributed by atoms with E-state index in [0.717, 1.165) is 5.56 Å². The Bertz CT molecular complexity index is 401. The molecular weight excluding hydrogens is 269 g/mol. The largest absolute Gasteiger partial charge is 0.340 e. The molecule has 0 atom stereocenters. The zero-order valence-electron chi connectivity index (χ0n) is 10.9. The lowest BCUT2D eigenvalue weighted by molar-refractivity contribution is -0.130. The van der Waals surface area contributed by atoms with E-state index in [1.54, 1.807) is 4.90 Å². The maximum Gasteiger partial charge on any atom is 0.227 e. The summed E-state index contributed by atoms with van der Waals surface area (Å²) in [6, 6.07) is 6.11. The van der Waals surface area contributed by atoms with Crippen LogP contribution >= 0.6 is 23.2 Å². The maximum absolute atomic E-state index is 12.1. The van der Waals surface area contributed by atoms with Gasteiger partial charge in [-0.15, -0.1) is 23.2 Å². The number of carbonyl (C=O) groups is 1. The molecule has 0 N–H and O–H groups in total. The molecule has 1 aromatic carbocycles. The molecule has 1 aromatic rings. The summed E-state index contributed by atoms with van der Waals surface area (Å²) < 4.78 is 0. The number of hydrogen-bond donors (Lipinski definition) is 0. The number of alkyl halides is 2. The van der Waals surface area contributed by atoms with Crippen molar-refractivity contribution < 1.29 is 4.79 Å². The number of carbonyl (C=O) groups excluding carboxylic acids is 1. The summed E-state index contributed by atoms with van der Waals surface area (Å²) in [6.45, 7) is 5.22. The first-order valence-electron chi connectivity index (χ1n) is 6.04. The van der Waals surface area contributed by atoms with Crippen molar-refractivity contribution in [3.8, 4) is 0 Å². The third-order valence-corrected chi connectivity index (χ3v) is 3.33. The van der Waals surface area contributed by atoms with Gasteiger partial charge in [0.05, 0.1) is 6.42 Å². The van der Waals surface area contributed by atoms with Gasteiger partial charge >= 0.3 is 0 Å². The fourth-order valence-electron chi connectivity index (χ4n) is 1.77. The average Bonchev–Trinajstić information content (AvgIpc) is 2.33. The quantitative estimate of drug-likeness (QED) is 0.736. The minimum atomic E-state index is 0.0829. The molecule has 18 heavy (non-hydrogen) atoms. The number of nitrogens with zero attached hydrogens (tertiary/aromatic N) is 1. The molecule has 0 bridgehead atoms. The maximum atomic E-state index is 12.1. The van der Waals surface area contributed by atoms with Crippen LogP contribution in [0.4, 0.5) is 0 Å². The molecule has 4 heteroatoms. The fourth-order valence-corrected chi connectivity index (χ4v) is 2.17. The second-order valence-electron chi connectivity index (χ2n) is 4.35. The van der Waals surface area contributed by atoms with Crippen molar-refractivity contribution >= 4 is 29.1 Å². The van der Waals surface area contributed by atoms with Crippen LogP contribution in [0.15, 0.2) is 18.2 Å². The van der Waals surface area contributed by atoms with Gasteiger partial charge in [-0.1, -0.05) is 18.2 Å². The molecule has 0 aliphatic heterocycles. The Hall–Kier alpha value is -0.730. The van der Waals surface area contributed by atoms with Gasteiger partial charge in [-0.05, 0) is 30.5 Å². The summed E-state index contributed by atoms with van der Waals surface area (Å²) in [5.74, 6) is 0.963. The first-order chi connectivity index (χ1) is 8.58. The third-order valence-electron chi connectivity index (χ3n) is 2.99. The van der Waals surface area contributed by atoms with Gasteiger partial charge in [0.1, 0.15) is 0 Å². The molecule has 0 saturated carbocycles. The van der Waals surface area contributed by atoms with Crippen molar-refractivity contribution in [2.45, 2.75) is 20.3 Å². The van der Waals surface area contributed by atoms with E-state index in [-0.39, 0.29) is 5.91 Å². The second kappa shape index (κ2) is 7.65. The van der Waals surface area contributed by atoms with Gasteiger partial charge in [0.15, 0.2) is 0 Å². The summed E-state index contributed by atoms with van der Waals surface area (Å²) in [7, 11) is 0. The highest BCUT2D eigenvalue weighted by Crippen LogP contribution is 2.11. The molecule has 1 rings (SSSR count). The molecule has 0 aromatic heterocycles. The van der Waals surface area contributed by atoms with E-state index in [2.05, 4.69) is 19.9 Å². The number of benzene rings is 1. The molecule has 0 aliphatic rings. The van der Waals surface area contributed by atoms with Crippen LogP contribution < -0.4 is 0 Å². The lowest BCUT2D eigenvalue weighted by atomic mass is 10.0. The molecule has 0 heterocycles. The summed E-state index contributed by atoms with van der Waals surface area (Å²) in [4.78, 5) is 13.8. The van der Waals surface area contributed by atoms with Crippen molar-refractivity contribution in [1.82, 2.24) is 4.90 Å². The second-order valence-corrected chi connectivity index (χ2v) is 5.11. The van der Waals surface area contributed by atoms with Crippen molar-refractivity contribution in [3.05, 3.63) is 34.9 Å². The molecule has 0 aliphatic carbocycles. The van der Waals surface area contributed by atoms with E-state index in [1.807, 2.05) is 12.1 Å². The van der Waals surface area contributed by atoms with Gasteiger partial charge in [0, 0.05) is 24.8 Å². The normalized spacial score (nSPS) is 10.4. The SMILES string of the molecule is Cc1ccc(CC(=O)N(CCCl)CCCl)cc1C. The number of aryl methyl sites for hydroxylation is 2. The van der Waals surface area contributed by atoms with E-state index in [9.17, 15) is 4.79 Å². The first kappa shape index (κ1) is 15.3. The zero-order valence-corrected chi connectivity index (χ0v) is 12.4. The van der Waals surface area contributed by atoms with Crippen LogP contribution in [0.3, 0.4) is 0 Å². The van der Waals surface area contributed by atoms with Crippen LogP contribution in [0.1, 0.15) is 16.7 Å². The highest BCUT2D eigenvalue weighted by atomic mass is 35.5. The molecule has 100 valence electrons. The van der Waals surface area contributed by atoms with Crippen LogP contribution in [-0.4, -0.2) is 35.7 Å². The van der Waals surface area contributed by atoms with Crippen molar-refractivity contribution in [3.63, 3.8) is 0 Å². The predicted octanol–water partition coefficient (Wildman–Crippen LogP) is 3.15. The lowest BCUT2D eigenvalue weighted by Crippen LogP contribution is -2.35. The van der Waals surface area contributed by atoms with Gasteiger partial charge in [-0.3, -0.25) is 4.79 Å². The molecule has 0 unspecified atom stereocenters. The lowest BCUT2D eigenvalue weighted by Gasteiger charge is -2.20. The van der Waals surface area contributed by atoms with Crippen LogP contribution in [0.5, 0.6) is 0 Å². The van der Waals surface area contributed by atoms with E-state index < -0.39 is 0 Å². The van der Waals surface area contributed by atoms with Crippen molar-refractivity contribution in [2.75, 3.05) is 24.8 Å². The molecule has 0 saturated heterocycles. The first-order valence-corrected chi connectivity index (χ1v) is 7.11. The van der Waals surface area contributed by atoms with Crippen LogP contribution in [0.25, 0.3) is 0 Å². The Balaban J connectivity index is 2.69. The van der Waals surface area contributed by atoms with Gasteiger partial charge in [-0.25, -0.2) is 0 Å². The highest BCUT2D eigenvalue weighted by molar-refractivity contribution is 6.18. The Morgan fingerprint density at radius 2 is 1.72 bits per heavy atom. The smallest absolute Gasteiger partial charge is 0.227 e. The Morgan fingerprint density at radius 1 is 1.11 bits per heavy atom. The molecule has 2 nitrogen and oxygen atoms in total. The van der Waals surface area contributed by atoms with Crippen LogP contribution in [0.2, 0.25) is 0 Å². The number of amides is 1. The van der Waals surface area contributed by atoms with E-state index >= 15 is 0 Å². The fraction of sp³-hybridized carbons (Fsp3) is 0.500. The summed E-state index contributed by atoms with van der Waals surface area (Å²) >= 11 is 11.4. The Kier molecular flexibility index (Phi) is 6.51.